The second-order valence-electron chi connectivity index (χ2n) is 14.8. The van der Waals surface area contributed by atoms with Crippen LogP contribution in [0.2, 0.25) is 0 Å². The van der Waals surface area contributed by atoms with Crippen LogP contribution in [0.15, 0.2) is 18.2 Å². The molecule has 3 heterocycles. The lowest BCUT2D eigenvalue weighted by Gasteiger charge is -2.39. The van der Waals surface area contributed by atoms with Crippen LogP contribution < -0.4 is 0 Å². The Hall–Kier alpha value is -2.59. The van der Waals surface area contributed by atoms with Crippen molar-refractivity contribution in [3.63, 3.8) is 0 Å². The average Bonchev–Trinajstić information content (AvgIpc) is 3.60. The van der Waals surface area contributed by atoms with Crippen molar-refractivity contribution in [3.05, 3.63) is 35.4 Å². The van der Waals surface area contributed by atoms with Crippen molar-refractivity contribution in [2.75, 3.05) is 52.9 Å². The molecule has 4 fully saturated rings. The van der Waals surface area contributed by atoms with Gasteiger partial charge in [-0.3, -0.25) is 19.3 Å². The summed E-state index contributed by atoms with van der Waals surface area (Å²) >= 11 is 0. The molecule has 244 valence electrons. The van der Waals surface area contributed by atoms with Gasteiger partial charge in [-0.15, -0.1) is 0 Å². The standard InChI is InChI=1S/C34H51F2N5O3/c1-22-7-10-25(11-8-22)41(23(2)42)26-18-31(33(44)38-15-13-37(6)14-16-38)40(19-26)32(43)29-21-39(34(3,4)5)20-28(29)27-12-9-24(35)17-30(27)36/h9,12,17,22,25-26,28-29,31H,7-8,10-11,13-16,18-21H2,1-6H3/t22-,25+,26-,28-,29+,31+/m0/s1. The number of hydrogen-bond acceptors (Lipinski definition) is 5. The molecular formula is C34H51F2N5O3. The van der Waals surface area contributed by atoms with Crippen molar-refractivity contribution in [1.82, 2.24) is 24.5 Å². The van der Waals surface area contributed by atoms with Crippen molar-refractivity contribution in [2.24, 2.45) is 11.8 Å². The average molecular weight is 616 g/mol. The molecule has 0 N–H and O–H groups in total. The quantitative estimate of drug-likeness (QED) is 0.502. The molecule has 3 saturated heterocycles. The number of amides is 3. The number of halogens is 2. The van der Waals surface area contributed by atoms with Gasteiger partial charge in [0.1, 0.15) is 17.7 Å². The van der Waals surface area contributed by atoms with E-state index in [4.69, 9.17) is 0 Å². The highest BCUT2D eigenvalue weighted by molar-refractivity contribution is 5.90. The van der Waals surface area contributed by atoms with Crippen LogP contribution in [0, 0.1) is 23.5 Å². The van der Waals surface area contributed by atoms with E-state index in [9.17, 15) is 18.8 Å². The third kappa shape index (κ3) is 6.81. The number of carbonyl (C=O) groups excluding carboxylic acids is 3. The summed E-state index contributed by atoms with van der Waals surface area (Å²) in [5.74, 6) is -2.01. The summed E-state index contributed by atoms with van der Waals surface area (Å²) in [5, 5.41) is 0. The fourth-order valence-corrected chi connectivity index (χ4v) is 8.00. The molecule has 5 rings (SSSR count). The first-order chi connectivity index (χ1) is 20.7. The molecule has 4 aliphatic rings. The molecule has 1 aliphatic carbocycles. The summed E-state index contributed by atoms with van der Waals surface area (Å²) in [6, 6.07) is 2.77. The normalized spacial score (nSPS) is 30.5. The van der Waals surface area contributed by atoms with Crippen molar-refractivity contribution in [1.29, 1.82) is 0 Å². The lowest BCUT2D eigenvalue weighted by Crippen LogP contribution is -2.54. The molecule has 10 heteroatoms. The van der Waals surface area contributed by atoms with E-state index in [1.165, 1.54) is 12.1 Å². The first-order valence-corrected chi connectivity index (χ1v) is 16.5. The molecule has 8 nitrogen and oxygen atoms in total. The third-order valence-corrected chi connectivity index (χ3v) is 10.7. The Morgan fingerprint density at radius 1 is 0.886 bits per heavy atom. The highest BCUT2D eigenvalue weighted by Crippen LogP contribution is 2.40. The third-order valence-electron chi connectivity index (χ3n) is 10.7. The van der Waals surface area contributed by atoms with Gasteiger partial charge in [-0.1, -0.05) is 13.0 Å². The van der Waals surface area contributed by atoms with E-state index in [0.717, 1.165) is 44.8 Å². The first-order valence-electron chi connectivity index (χ1n) is 16.5. The summed E-state index contributed by atoms with van der Waals surface area (Å²) < 4.78 is 29.1. The Kier molecular flexibility index (Phi) is 9.71. The minimum Gasteiger partial charge on any atom is -0.338 e. The van der Waals surface area contributed by atoms with Crippen LogP contribution in [0.4, 0.5) is 8.78 Å². The Morgan fingerprint density at radius 2 is 1.55 bits per heavy atom. The molecule has 44 heavy (non-hydrogen) atoms. The highest BCUT2D eigenvalue weighted by Gasteiger charge is 2.51. The van der Waals surface area contributed by atoms with E-state index in [1.54, 1.807) is 11.8 Å². The van der Waals surface area contributed by atoms with Gasteiger partial charge >= 0.3 is 0 Å². The van der Waals surface area contributed by atoms with Gasteiger partial charge in [0.25, 0.3) is 0 Å². The molecule has 0 spiro atoms. The molecule has 3 amide bonds. The summed E-state index contributed by atoms with van der Waals surface area (Å²) in [4.78, 5) is 51.9. The smallest absolute Gasteiger partial charge is 0.245 e. The van der Waals surface area contributed by atoms with Crippen LogP contribution in [0.5, 0.6) is 0 Å². The van der Waals surface area contributed by atoms with Gasteiger partial charge in [-0.05, 0) is 77.5 Å². The molecule has 4 atom stereocenters. The van der Waals surface area contributed by atoms with Crippen LogP contribution >= 0.6 is 0 Å². The monoisotopic (exact) mass is 615 g/mol. The zero-order chi connectivity index (χ0) is 31.9. The number of carbonyl (C=O) groups is 3. The fraction of sp³-hybridized carbons (Fsp3) is 0.735. The van der Waals surface area contributed by atoms with Crippen LogP contribution in [0.25, 0.3) is 0 Å². The largest absolute Gasteiger partial charge is 0.338 e. The Balaban J connectivity index is 1.47. The molecular weight excluding hydrogens is 564 g/mol. The van der Waals surface area contributed by atoms with Crippen LogP contribution in [0.3, 0.4) is 0 Å². The first kappa shape index (κ1) is 32.8. The van der Waals surface area contributed by atoms with E-state index in [2.05, 4.69) is 37.5 Å². The van der Waals surface area contributed by atoms with Gasteiger partial charge in [0.2, 0.25) is 17.7 Å². The number of nitrogens with zero attached hydrogens (tertiary/aromatic N) is 5. The summed E-state index contributed by atoms with van der Waals surface area (Å²) in [5.41, 5.74) is 0.0616. The summed E-state index contributed by atoms with van der Waals surface area (Å²) in [6.07, 6.45) is 4.38. The number of piperazine rings is 1. The van der Waals surface area contributed by atoms with Crippen LogP contribution in [-0.4, -0.2) is 119 Å². The highest BCUT2D eigenvalue weighted by atomic mass is 19.1. The number of hydrogen-bond donors (Lipinski definition) is 0. The zero-order valence-corrected chi connectivity index (χ0v) is 27.4. The molecule has 0 bridgehead atoms. The van der Waals surface area contributed by atoms with Crippen LogP contribution in [0.1, 0.15) is 78.2 Å². The lowest BCUT2D eigenvalue weighted by molar-refractivity contribution is -0.147. The minimum absolute atomic E-state index is 0.0133. The minimum atomic E-state index is -0.678. The molecule has 1 aromatic rings. The molecule has 0 aromatic heterocycles. The molecule has 1 aromatic carbocycles. The number of rotatable bonds is 5. The van der Waals surface area contributed by atoms with E-state index in [0.29, 0.717) is 50.6 Å². The number of likely N-dealkylation sites (tertiary alicyclic amines) is 2. The van der Waals surface area contributed by atoms with E-state index < -0.39 is 29.5 Å². The van der Waals surface area contributed by atoms with Gasteiger partial charge in [0.05, 0.1) is 12.0 Å². The van der Waals surface area contributed by atoms with E-state index >= 15 is 4.39 Å². The maximum absolute atomic E-state index is 15.2. The van der Waals surface area contributed by atoms with Gasteiger partial charge in [-0.25, -0.2) is 8.78 Å². The number of benzene rings is 1. The Bertz CT molecular complexity index is 1220. The molecule has 1 saturated carbocycles. The van der Waals surface area contributed by atoms with Gasteiger partial charge in [0.15, 0.2) is 0 Å². The zero-order valence-electron chi connectivity index (χ0n) is 27.4. The fourth-order valence-electron chi connectivity index (χ4n) is 8.00. The Labute approximate surface area is 261 Å². The van der Waals surface area contributed by atoms with E-state index in [1.807, 2.05) is 16.8 Å². The van der Waals surface area contributed by atoms with Crippen molar-refractivity contribution in [3.8, 4) is 0 Å². The maximum atomic E-state index is 15.2. The molecule has 3 aliphatic heterocycles. The van der Waals surface area contributed by atoms with E-state index in [-0.39, 0.29) is 35.3 Å². The van der Waals surface area contributed by atoms with Crippen molar-refractivity contribution >= 4 is 17.7 Å². The predicted molar refractivity (Wildman–Crippen MR) is 166 cm³/mol. The molecule has 0 unspecified atom stereocenters. The predicted octanol–water partition coefficient (Wildman–Crippen LogP) is 3.95. The lowest BCUT2D eigenvalue weighted by atomic mass is 9.86. The van der Waals surface area contributed by atoms with Gasteiger partial charge in [-0.2, -0.15) is 0 Å². The van der Waals surface area contributed by atoms with Crippen molar-refractivity contribution in [2.45, 2.75) is 96.3 Å². The topological polar surface area (TPSA) is 67.4 Å². The maximum Gasteiger partial charge on any atom is 0.245 e. The van der Waals surface area contributed by atoms with Crippen LogP contribution in [-0.2, 0) is 14.4 Å². The summed E-state index contributed by atoms with van der Waals surface area (Å²) in [6.45, 7) is 13.9. The van der Waals surface area contributed by atoms with Crippen molar-refractivity contribution < 1.29 is 23.2 Å². The molecule has 0 radical (unpaired) electrons. The van der Waals surface area contributed by atoms with Gasteiger partial charge < -0.3 is 19.6 Å². The second-order valence-corrected chi connectivity index (χ2v) is 14.8. The second kappa shape index (κ2) is 13.0. The number of likely N-dealkylation sites (N-methyl/N-ethyl adjacent to an activating group) is 1. The Morgan fingerprint density at radius 3 is 2.14 bits per heavy atom. The SMILES string of the molecule is CC(=O)N([C@H]1C[C@H](C(=O)N2CCN(C)CC2)N(C(=O)[C@@H]2CN(C(C)(C)C)C[C@H]2c2ccc(F)cc2F)C1)[C@H]1CC[C@@H](C)CC1. The summed E-state index contributed by atoms with van der Waals surface area (Å²) in [7, 11) is 2.04. The van der Waals surface area contributed by atoms with Gasteiger partial charge in [0, 0.05) is 76.3 Å².